The van der Waals surface area contributed by atoms with Crippen molar-refractivity contribution in [2.75, 3.05) is 0 Å². The first kappa shape index (κ1) is 9.93. The van der Waals surface area contributed by atoms with E-state index in [0.29, 0.717) is 6.54 Å². The van der Waals surface area contributed by atoms with E-state index in [9.17, 15) is 0 Å². The van der Waals surface area contributed by atoms with Crippen LogP contribution in [0.5, 0.6) is 0 Å². The van der Waals surface area contributed by atoms with Crippen LogP contribution in [0.4, 0.5) is 0 Å². The third kappa shape index (κ3) is 2.07. The van der Waals surface area contributed by atoms with Crippen LogP contribution in [0.15, 0.2) is 30.3 Å². The van der Waals surface area contributed by atoms with Crippen LogP contribution < -0.4 is 5.73 Å². The summed E-state index contributed by atoms with van der Waals surface area (Å²) in [6, 6.07) is 10.3. The van der Waals surface area contributed by atoms with Gasteiger partial charge in [-0.25, -0.2) is 0 Å². The number of nitrogens with zero attached hydrogens (tertiary/aromatic N) is 1. The number of aryl methyl sites for hydroxylation is 1. The first-order chi connectivity index (χ1) is 7.31. The van der Waals surface area contributed by atoms with Crippen LogP contribution in [-0.4, -0.2) is 10.2 Å². The lowest BCUT2D eigenvalue weighted by atomic mass is 10.1. The minimum absolute atomic E-state index is 0.546. The van der Waals surface area contributed by atoms with E-state index in [1.807, 2.05) is 25.1 Å². The highest BCUT2D eigenvalue weighted by atomic mass is 15.1. The molecular formula is C12H15N3. The molecule has 2 aromatic rings. The van der Waals surface area contributed by atoms with Crippen LogP contribution in [0, 0.1) is 6.92 Å². The summed E-state index contributed by atoms with van der Waals surface area (Å²) in [5.74, 6) is 0. The van der Waals surface area contributed by atoms with Gasteiger partial charge in [0.15, 0.2) is 0 Å². The third-order valence-corrected chi connectivity index (χ3v) is 2.58. The summed E-state index contributed by atoms with van der Waals surface area (Å²) in [6.07, 6.45) is 0.845. The fourth-order valence-electron chi connectivity index (χ4n) is 1.71. The second kappa shape index (κ2) is 4.28. The zero-order valence-electron chi connectivity index (χ0n) is 8.83. The van der Waals surface area contributed by atoms with Gasteiger partial charge >= 0.3 is 0 Å². The Bertz CT molecular complexity index is 431. The highest BCUT2D eigenvalue weighted by Crippen LogP contribution is 2.14. The molecule has 0 aliphatic heterocycles. The molecule has 2 rings (SSSR count). The normalized spacial score (nSPS) is 10.5. The molecule has 15 heavy (non-hydrogen) atoms. The molecule has 0 radical (unpaired) electrons. The van der Waals surface area contributed by atoms with Crippen LogP contribution in [0.1, 0.15) is 22.5 Å². The molecule has 0 aliphatic carbocycles. The van der Waals surface area contributed by atoms with Gasteiger partial charge in [-0.05, 0) is 12.5 Å². The topological polar surface area (TPSA) is 54.7 Å². The van der Waals surface area contributed by atoms with E-state index in [1.165, 1.54) is 5.56 Å². The quantitative estimate of drug-likeness (QED) is 0.795. The van der Waals surface area contributed by atoms with Gasteiger partial charge in [-0.2, -0.15) is 5.10 Å². The Hall–Kier alpha value is -1.61. The maximum Gasteiger partial charge on any atom is 0.0713 e. The lowest BCUT2D eigenvalue weighted by molar-refractivity contribution is 0.968. The van der Waals surface area contributed by atoms with E-state index >= 15 is 0 Å². The van der Waals surface area contributed by atoms with Gasteiger partial charge in [0.2, 0.25) is 0 Å². The molecule has 0 saturated carbocycles. The number of rotatable bonds is 3. The van der Waals surface area contributed by atoms with E-state index in [2.05, 4.69) is 22.3 Å². The van der Waals surface area contributed by atoms with Crippen molar-refractivity contribution in [1.29, 1.82) is 0 Å². The molecule has 3 nitrogen and oxygen atoms in total. The number of aromatic amines is 1. The zero-order valence-corrected chi connectivity index (χ0v) is 8.83. The number of aromatic nitrogens is 2. The number of nitrogens with one attached hydrogen (secondary N) is 1. The average Bonchev–Trinajstić information content (AvgIpc) is 2.61. The van der Waals surface area contributed by atoms with Gasteiger partial charge < -0.3 is 5.73 Å². The summed E-state index contributed by atoms with van der Waals surface area (Å²) in [7, 11) is 0. The molecule has 0 unspecified atom stereocenters. The number of nitrogens with two attached hydrogens (primary N) is 1. The minimum Gasteiger partial charge on any atom is -0.326 e. The molecule has 1 heterocycles. The van der Waals surface area contributed by atoms with Crippen molar-refractivity contribution in [3.05, 3.63) is 52.8 Å². The summed E-state index contributed by atoms with van der Waals surface area (Å²) < 4.78 is 0. The van der Waals surface area contributed by atoms with Crippen LogP contribution >= 0.6 is 0 Å². The lowest BCUT2D eigenvalue weighted by Gasteiger charge is -2.00. The van der Waals surface area contributed by atoms with Gasteiger partial charge in [0.05, 0.1) is 5.69 Å². The molecule has 0 saturated heterocycles. The summed E-state index contributed by atoms with van der Waals surface area (Å²) >= 11 is 0. The van der Waals surface area contributed by atoms with Crippen molar-refractivity contribution < 1.29 is 0 Å². The molecule has 0 aliphatic rings. The first-order valence-electron chi connectivity index (χ1n) is 5.08. The maximum atomic E-state index is 5.69. The van der Waals surface area contributed by atoms with Crippen LogP contribution in [0.3, 0.4) is 0 Å². The highest BCUT2D eigenvalue weighted by Gasteiger charge is 2.08. The van der Waals surface area contributed by atoms with Crippen LogP contribution in [0.25, 0.3) is 0 Å². The van der Waals surface area contributed by atoms with Gasteiger partial charge in [0.25, 0.3) is 0 Å². The number of hydrogen-bond donors (Lipinski definition) is 2. The predicted octanol–water partition coefficient (Wildman–Crippen LogP) is 1.77. The molecule has 3 heteroatoms. The van der Waals surface area contributed by atoms with E-state index < -0.39 is 0 Å². The molecule has 1 aromatic carbocycles. The standard InChI is InChI=1S/C12H15N3/c1-9-11(8-13)12(15-14-9)7-10-5-3-2-4-6-10/h2-6H,7-8,13H2,1H3,(H,14,15). The SMILES string of the molecule is Cc1[nH]nc(Cc2ccccc2)c1CN. The Kier molecular flexibility index (Phi) is 2.83. The molecule has 1 aromatic heterocycles. The van der Waals surface area contributed by atoms with Gasteiger partial charge in [-0.3, -0.25) is 5.10 Å². The number of benzene rings is 1. The van der Waals surface area contributed by atoms with Gasteiger partial charge in [0, 0.05) is 24.2 Å². The Morgan fingerprint density at radius 1 is 1.27 bits per heavy atom. The van der Waals surface area contributed by atoms with Gasteiger partial charge in [-0.1, -0.05) is 30.3 Å². The largest absolute Gasteiger partial charge is 0.326 e. The summed E-state index contributed by atoms with van der Waals surface area (Å²) in [4.78, 5) is 0. The summed E-state index contributed by atoms with van der Waals surface area (Å²) in [5.41, 5.74) is 10.2. The molecule has 0 atom stereocenters. The second-order valence-corrected chi connectivity index (χ2v) is 3.64. The lowest BCUT2D eigenvalue weighted by Crippen LogP contribution is -2.01. The predicted molar refractivity (Wildman–Crippen MR) is 60.5 cm³/mol. The molecule has 0 amide bonds. The van der Waals surface area contributed by atoms with E-state index in [4.69, 9.17) is 5.73 Å². The molecule has 78 valence electrons. The van der Waals surface area contributed by atoms with Gasteiger partial charge in [-0.15, -0.1) is 0 Å². The smallest absolute Gasteiger partial charge is 0.0713 e. The van der Waals surface area contributed by atoms with Crippen molar-refractivity contribution in [3.8, 4) is 0 Å². The second-order valence-electron chi connectivity index (χ2n) is 3.64. The average molecular weight is 201 g/mol. The molecule has 0 spiro atoms. The Labute approximate surface area is 89.3 Å². The fraction of sp³-hybridized carbons (Fsp3) is 0.250. The van der Waals surface area contributed by atoms with Crippen molar-refractivity contribution in [2.24, 2.45) is 5.73 Å². The first-order valence-corrected chi connectivity index (χ1v) is 5.08. The van der Waals surface area contributed by atoms with E-state index in [1.54, 1.807) is 0 Å². The van der Waals surface area contributed by atoms with Crippen LogP contribution in [0.2, 0.25) is 0 Å². The third-order valence-electron chi connectivity index (χ3n) is 2.58. The van der Waals surface area contributed by atoms with Crippen molar-refractivity contribution in [2.45, 2.75) is 19.9 Å². The molecule has 0 fully saturated rings. The van der Waals surface area contributed by atoms with Crippen molar-refractivity contribution >= 4 is 0 Å². The zero-order chi connectivity index (χ0) is 10.7. The fourth-order valence-corrected chi connectivity index (χ4v) is 1.71. The molecular weight excluding hydrogens is 186 g/mol. The maximum absolute atomic E-state index is 5.69. The number of hydrogen-bond acceptors (Lipinski definition) is 2. The Morgan fingerprint density at radius 2 is 2.00 bits per heavy atom. The summed E-state index contributed by atoms with van der Waals surface area (Å²) in [5, 5.41) is 7.26. The highest BCUT2D eigenvalue weighted by molar-refractivity contribution is 5.29. The van der Waals surface area contributed by atoms with Crippen molar-refractivity contribution in [1.82, 2.24) is 10.2 Å². The molecule has 3 N–H and O–H groups in total. The van der Waals surface area contributed by atoms with Gasteiger partial charge in [0.1, 0.15) is 0 Å². The Morgan fingerprint density at radius 3 is 2.67 bits per heavy atom. The van der Waals surface area contributed by atoms with E-state index in [-0.39, 0.29) is 0 Å². The monoisotopic (exact) mass is 201 g/mol. The Balaban J connectivity index is 2.25. The minimum atomic E-state index is 0.546. The van der Waals surface area contributed by atoms with Crippen LogP contribution in [-0.2, 0) is 13.0 Å². The van der Waals surface area contributed by atoms with Crippen molar-refractivity contribution in [3.63, 3.8) is 0 Å². The van der Waals surface area contributed by atoms with E-state index in [0.717, 1.165) is 23.4 Å². The number of H-pyrrole nitrogens is 1. The summed E-state index contributed by atoms with van der Waals surface area (Å²) in [6.45, 7) is 2.55. The molecule has 0 bridgehead atoms.